The Kier molecular flexibility index (Phi) is 6.18. The van der Waals surface area contributed by atoms with Gasteiger partial charge < -0.3 is 14.2 Å². The molecule has 5 rings (SSSR count). The molecule has 0 radical (unpaired) electrons. The van der Waals surface area contributed by atoms with Crippen LogP contribution >= 0.6 is 0 Å². The van der Waals surface area contributed by atoms with Crippen LogP contribution < -0.4 is 0 Å². The summed E-state index contributed by atoms with van der Waals surface area (Å²) < 4.78 is 46.9. The number of rotatable bonds is 8. The van der Waals surface area contributed by atoms with Gasteiger partial charge in [-0.3, -0.25) is 18.9 Å². The minimum absolute atomic E-state index is 0.197. The van der Waals surface area contributed by atoms with Crippen LogP contribution in [-0.4, -0.2) is 55.4 Å². The molecule has 0 aromatic carbocycles. The van der Waals surface area contributed by atoms with Crippen LogP contribution in [0, 0.1) is 41.4 Å². The summed E-state index contributed by atoms with van der Waals surface area (Å²) in [6.45, 7) is -0.495. The Morgan fingerprint density at radius 3 is 2.48 bits per heavy atom. The van der Waals surface area contributed by atoms with Crippen LogP contribution in [0.5, 0.6) is 0 Å². The van der Waals surface area contributed by atoms with Crippen molar-refractivity contribution in [2.75, 3.05) is 12.4 Å². The first-order valence-electron chi connectivity index (χ1n) is 12.2. The minimum Gasteiger partial charge on any atom is -0.464 e. The third-order valence-electron chi connectivity index (χ3n) is 8.65. The van der Waals surface area contributed by atoms with Crippen molar-refractivity contribution in [3.05, 3.63) is 0 Å². The maximum atomic E-state index is 12.7. The van der Waals surface area contributed by atoms with E-state index in [0.717, 1.165) is 18.3 Å². The van der Waals surface area contributed by atoms with Crippen LogP contribution in [0.2, 0.25) is 0 Å². The molecule has 10 heteroatoms. The van der Waals surface area contributed by atoms with Crippen molar-refractivity contribution in [1.29, 1.82) is 0 Å². The van der Waals surface area contributed by atoms with Crippen molar-refractivity contribution < 1.29 is 41.6 Å². The Hall–Kier alpha value is -1.68. The molecule has 4 bridgehead atoms. The average Bonchev–Trinajstić information content (AvgIpc) is 3.35. The van der Waals surface area contributed by atoms with Crippen LogP contribution in [0.25, 0.3) is 0 Å². The first kappa shape index (κ1) is 23.1. The lowest BCUT2D eigenvalue weighted by molar-refractivity contribution is -0.166. The van der Waals surface area contributed by atoms with E-state index < -0.39 is 58.5 Å². The van der Waals surface area contributed by atoms with E-state index in [1.165, 1.54) is 38.5 Å². The molecular weight excluding hydrogens is 452 g/mol. The highest BCUT2D eigenvalue weighted by molar-refractivity contribution is 7.85. The van der Waals surface area contributed by atoms with Crippen LogP contribution in [0.15, 0.2) is 0 Å². The fourth-order valence-electron chi connectivity index (χ4n) is 7.45. The highest BCUT2D eigenvalue weighted by atomic mass is 32.2. The third kappa shape index (κ3) is 4.65. The molecule has 5 fully saturated rings. The summed E-state index contributed by atoms with van der Waals surface area (Å²) in [6, 6.07) is 0. The van der Waals surface area contributed by atoms with Gasteiger partial charge in [0.2, 0.25) is 0 Å². The maximum absolute atomic E-state index is 12.7. The maximum Gasteiger partial charge on any atom is 0.310 e. The molecule has 1 aliphatic heterocycles. The molecule has 1 saturated heterocycles. The van der Waals surface area contributed by atoms with Gasteiger partial charge in [-0.2, -0.15) is 8.42 Å². The molecule has 33 heavy (non-hydrogen) atoms. The Morgan fingerprint density at radius 1 is 1.06 bits per heavy atom. The van der Waals surface area contributed by atoms with Crippen molar-refractivity contribution >= 4 is 28.0 Å². The molecule has 1 N–H and O–H groups in total. The first-order valence-corrected chi connectivity index (χ1v) is 13.8. The summed E-state index contributed by atoms with van der Waals surface area (Å²) >= 11 is 0. The van der Waals surface area contributed by atoms with Gasteiger partial charge in [0, 0.05) is 18.3 Å². The van der Waals surface area contributed by atoms with E-state index in [1.807, 2.05) is 0 Å². The molecule has 1 heterocycles. The summed E-state index contributed by atoms with van der Waals surface area (Å²) in [5.74, 6) is -2.11. The second-order valence-corrected chi connectivity index (χ2v) is 12.3. The van der Waals surface area contributed by atoms with E-state index in [4.69, 9.17) is 18.8 Å². The van der Waals surface area contributed by atoms with Gasteiger partial charge in [-0.25, -0.2) is 0 Å². The zero-order chi connectivity index (χ0) is 23.3. The predicted octanol–water partition coefficient (Wildman–Crippen LogP) is 2.13. The van der Waals surface area contributed by atoms with E-state index in [-0.39, 0.29) is 17.8 Å². The smallest absolute Gasteiger partial charge is 0.310 e. The minimum atomic E-state index is -4.26. The van der Waals surface area contributed by atoms with E-state index >= 15 is 0 Å². The summed E-state index contributed by atoms with van der Waals surface area (Å²) in [6.07, 6.45) is 8.13. The number of carbonyl (C=O) groups excluding carboxylic acids is 3. The Balaban J connectivity index is 1.17. The fraction of sp³-hybridized carbons (Fsp3) is 0.870. The number of hydrogen-bond acceptors (Lipinski definition) is 8. The molecule has 0 spiro atoms. The molecule has 0 aromatic heterocycles. The van der Waals surface area contributed by atoms with Gasteiger partial charge in [-0.05, 0) is 49.9 Å². The third-order valence-corrected chi connectivity index (χ3v) is 9.34. The molecule has 7 unspecified atom stereocenters. The van der Waals surface area contributed by atoms with Crippen LogP contribution in [0.4, 0.5) is 0 Å². The molecule has 5 aliphatic rings. The summed E-state index contributed by atoms with van der Waals surface area (Å²) in [5, 5.41) is 0. The second-order valence-electron chi connectivity index (χ2n) is 10.7. The Morgan fingerprint density at radius 2 is 1.79 bits per heavy atom. The molecule has 0 aromatic rings. The number of ether oxygens (including phenoxy) is 3. The fourth-order valence-corrected chi connectivity index (χ4v) is 7.74. The monoisotopic (exact) mass is 484 g/mol. The van der Waals surface area contributed by atoms with Crippen molar-refractivity contribution in [1.82, 2.24) is 0 Å². The van der Waals surface area contributed by atoms with Crippen molar-refractivity contribution in [2.24, 2.45) is 41.4 Å². The normalized spacial score (nSPS) is 41.0. The van der Waals surface area contributed by atoms with Crippen molar-refractivity contribution in [3.8, 4) is 0 Å². The summed E-state index contributed by atoms with van der Waals surface area (Å²) in [5.41, 5.74) is 0. The van der Waals surface area contributed by atoms with Crippen molar-refractivity contribution in [2.45, 2.75) is 70.0 Å². The van der Waals surface area contributed by atoms with Gasteiger partial charge in [0.25, 0.3) is 10.1 Å². The van der Waals surface area contributed by atoms with Gasteiger partial charge in [0.1, 0.15) is 24.6 Å². The largest absolute Gasteiger partial charge is 0.464 e. The summed E-state index contributed by atoms with van der Waals surface area (Å²) in [4.78, 5) is 37.8. The van der Waals surface area contributed by atoms with Crippen LogP contribution in [0.1, 0.15) is 57.8 Å². The number of hydrogen-bond donors (Lipinski definition) is 1. The van der Waals surface area contributed by atoms with Crippen molar-refractivity contribution in [3.63, 3.8) is 0 Å². The van der Waals surface area contributed by atoms with Crippen LogP contribution in [0.3, 0.4) is 0 Å². The standard InChI is InChI=1S/C23H32O9S/c24-17(5-4-14-9-12-2-1-3-13(8-12)10-14)31-20-15-11-16-19(23(26)32-21(16)20)18(15)22(25)30-6-7-33(27,28)29/h12-16,18-21H,1-11H2,(H,27,28,29)/t12?,13?,14?,15-,16?,18?,19?,20?,21?/m1/s1. The van der Waals surface area contributed by atoms with Gasteiger partial charge >= 0.3 is 17.9 Å². The molecule has 4 saturated carbocycles. The Labute approximate surface area is 193 Å². The molecule has 0 amide bonds. The van der Waals surface area contributed by atoms with Gasteiger partial charge in [0.05, 0.1) is 11.8 Å². The highest BCUT2D eigenvalue weighted by Gasteiger charge is 2.70. The molecule has 9 nitrogen and oxygen atoms in total. The number of esters is 3. The van der Waals surface area contributed by atoms with E-state index in [9.17, 15) is 22.8 Å². The van der Waals surface area contributed by atoms with Crippen LogP contribution in [-0.2, 0) is 38.7 Å². The number of fused-ring (bicyclic) bond motifs is 3. The van der Waals surface area contributed by atoms with Gasteiger partial charge in [-0.1, -0.05) is 19.3 Å². The summed E-state index contributed by atoms with van der Waals surface area (Å²) in [7, 11) is -4.26. The zero-order valence-corrected chi connectivity index (χ0v) is 19.4. The quantitative estimate of drug-likeness (QED) is 0.312. The second kappa shape index (κ2) is 8.83. The molecular formula is C23H32O9S. The average molecular weight is 485 g/mol. The molecule has 4 aliphatic carbocycles. The molecule has 184 valence electrons. The van der Waals surface area contributed by atoms with E-state index in [0.29, 0.717) is 18.8 Å². The zero-order valence-electron chi connectivity index (χ0n) is 18.6. The lowest BCUT2D eigenvalue weighted by Crippen LogP contribution is -2.44. The molecule has 8 atom stereocenters. The van der Waals surface area contributed by atoms with E-state index in [1.54, 1.807) is 0 Å². The highest BCUT2D eigenvalue weighted by Crippen LogP contribution is 2.59. The van der Waals surface area contributed by atoms with Gasteiger partial charge in [0.15, 0.2) is 0 Å². The first-order chi connectivity index (χ1) is 15.7. The number of carbonyl (C=O) groups is 3. The lowest BCUT2D eigenvalue weighted by Gasteiger charge is -2.39. The topological polar surface area (TPSA) is 133 Å². The predicted molar refractivity (Wildman–Crippen MR) is 113 cm³/mol. The Bertz CT molecular complexity index is 903. The van der Waals surface area contributed by atoms with E-state index in [2.05, 4.69) is 0 Å². The van der Waals surface area contributed by atoms with Gasteiger partial charge in [-0.15, -0.1) is 0 Å². The lowest BCUT2D eigenvalue weighted by atomic mass is 9.67. The SMILES string of the molecule is O=C(CCC1CC2CCCC(C2)C1)OC1C2OC(=O)C3C2C[C@@H]1C3C(=O)OCCS(=O)(=O)O.